The number of nitrogens with zero attached hydrogens (tertiary/aromatic N) is 4. The number of carbonyl (C=O) groups excluding carboxylic acids is 1. The molecule has 0 aliphatic heterocycles. The van der Waals surface area contributed by atoms with Gasteiger partial charge in [-0.2, -0.15) is 10.2 Å². The van der Waals surface area contributed by atoms with E-state index < -0.39 is 0 Å². The summed E-state index contributed by atoms with van der Waals surface area (Å²) in [4.78, 5) is 11.7. The molecule has 27 heavy (non-hydrogen) atoms. The van der Waals surface area contributed by atoms with Gasteiger partial charge in [-0.15, -0.1) is 5.11 Å². The van der Waals surface area contributed by atoms with Crippen molar-refractivity contribution in [1.29, 1.82) is 0 Å². The van der Waals surface area contributed by atoms with Crippen molar-refractivity contribution in [2.24, 2.45) is 10.2 Å². The SMILES string of the molecule is CCOC(=O)c1ccc(N=Nc2c(C)nn(-c3ccc(Br)cc3)c2C)cc1. The first-order valence-corrected chi connectivity index (χ1v) is 9.30. The first-order valence-electron chi connectivity index (χ1n) is 8.50. The molecule has 0 fully saturated rings. The van der Waals surface area contributed by atoms with Crippen molar-refractivity contribution < 1.29 is 9.53 Å². The van der Waals surface area contributed by atoms with Gasteiger partial charge >= 0.3 is 5.97 Å². The average molecular weight is 427 g/mol. The summed E-state index contributed by atoms with van der Waals surface area (Å²) in [6.07, 6.45) is 0. The van der Waals surface area contributed by atoms with E-state index in [1.54, 1.807) is 31.2 Å². The zero-order valence-corrected chi connectivity index (χ0v) is 16.9. The van der Waals surface area contributed by atoms with Crippen LogP contribution in [0.2, 0.25) is 0 Å². The largest absolute Gasteiger partial charge is 0.462 e. The molecule has 3 rings (SSSR count). The summed E-state index contributed by atoms with van der Waals surface area (Å²) in [6, 6.07) is 14.7. The minimum atomic E-state index is -0.344. The second kappa shape index (κ2) is 8.26. The van der Waals surface area contributed by atoms with E-state index in [-0.39, 0.29) is 5.97 Å². The Morgan fingerprint density at radius 1 is 1.07 bits per heavy atom. The fourth-order valence-corrected chi connectivity index (χ4v) is 2.86. The normalized spacial score (nSPS) is 11.1. The van der Waals surface area contributed by atoms with Gasteiger partial charge in [0, 0.05) is 4.47 Å². The number of carbonyl (C=O) groups is 1. The smallest absolute Gasteiger partial charge is 0.338 e. The number of esters is 1. The molecule has 0 aliphatic rings. The number of benzene rings is 2. The lowest BCUT2D eigenvalue weighted by atomic mass is 10.2. The van der Waals surface area contributed by atoms with Gasteiger partial charge in [-0.05, 0) is 69.3 Å². The van der Waals surface area contributed by atoms with Crippen molar-refractivity contribution in [3.05, 3.63) is 70.0 Å². The molecule has 2 aromatic carbocycles. The Bertz CT molecular complexity index is 976. The number of rotatable bonds is 5. The molecule has 0 saturated carbocycles. The van der Waals surface area contributed by atoms with Crippen LogP contribution in [-0.4, -0.2) is 22.4 Å². The van der Waals surface area contributed by atoms with E-state index in [1.807, 2.05) is 42.8 Å². The second-order valence-electron chi connectivity index (χ2n) is 5.87. The second-order valence-corrected chi connectivity index (χ2v) is 6.79. The highest BCUT2D eigenvalue weighted by Gasteiger charge is 2.12. The minimum absolute atomic E-state index is 0.344. The third kappa shape index (κ3) is 4.31. The highest BCUT2D eigenvalue weighted by Crippen LogP contribution is 2.28. The van der Waals surface area contributed by atoms with Crippen molar-refractivity contribution in [2.75, 3.05) is 6.61 Å². The molecule has 7 heteroatoms. The minimum Gasteiger partial charge on any atom is -0.462 e. The predicted molar refractivity (Wildman–Crippen MR) is 107 cm³/mol. The number of aryl methyl sites for hydroxylation is 1. The number of aromatic nitrogens is 2. The van der Waals surface area contributed by atoms with Crippen LogP contribution in [0.4, 0.5) is 11.4 Å². The molecule has 0 bridgehead atoms. The number of halogens is 1. The number of hydrogen-bond donors (Lipinski definition) is 0. The van der Waals surface area contributed by atoms with E-state index in [4.69, 9.17) is 4.74 Å². The molecular formula is C20H19BrN4O2. The molecule has 0 unspecified atom stereocenters. The highest BCUT2D eigenvalue weighted by atomic mass is 79.9. The maximum Gasteiger partial charge on any atom is 0.338 e. The van der Waals surface area contributed by atoms with E-state index in [2.05, 4.69) is 31.3 Å². The standard InChI is InChI=1S/C20H19BrN4O2/c1-4-27-20(26)15-5-9-17(10-6-15)22-23-19-13(2)24-25(14(19)3)18-11-7-16(21)8-12-18/h5-12H,4H2,1-3H3. The maximum absolute atomic E-state index is 11.7. The van der Waals surface area contributed by atoms with Gasteiger partial charge in [0.05, 0.1) is 34.9 Å². The summed E-state index contributed by atoms with van der Waals surface area (Å²) in [5.74, 6) is -0.344. The van der Waals surface area contributed by atoms with Gasteiger partial charge in [-0.25, -0.2) is 9.48 Å². The summed E-state index contributed by atoms with van der Waals surface area (Å²) in [6.45, 7) is 5.99. The Balaban J connectivity index is 1.83. The Morgan fingerprint density at radius 3 is 2.37 bits per heavy atom. The lowest BCUT2D eigenvalue weighted by molar-refractivity contribution is 0.0526. The number of hydrogen-bond acceptors (Lipinski definition) is 5. The van der Waals surface area contributed by atoms with Crippen molar-refractivity contribution in [3.63, 3.8) is 0 Å². The van der Waals surface area contributed by atoms with Crippen LogP contribution in [-0.2, 0) is 4.74 Å². The van der Waals surface area contributed by atoms with E-state index in [9.17, 15) is 4.79 Å². The van der Waals surface area contributed by atoms with Gasteiger partial charge in [0.1, 0.15) is 5.69 Å². The molecule has 0 amide bonds. The molecule has 1 aromatic heterocycles. The van der Waals surface area contributed by atoms with Crippen LogP contribution in [0.1, 0.15) is 28.7 Å². The molecular weight excluding hydrogens is 408 g/mol. The molecule has 3 aromatic rings. The van der Waals surface area contributed by atoms with Crippen molar-refractivity contribution >= 4 is 33.3 Å². The van der Waals surface area contributed by atoms with Gasteiger partial charge in [-0.3, -0.25) is 0 Å². The first-order chi connectivity index (χ1) is 13.0. The Morgan fingerprint density at radius 2 is 1.74 bits per heavy atom. The summed E-state index contributed by atoms with van der Waals surface area (Å²) in [5.41, 5.74) is 4.53. The topological polar surface area (TPSA) is 68.8 Å². The average Bonchev–Trinajstić information content (AvgIpc) is 2.95. The van der Waals surface area contributed by atoms with E-state index >= 15 is 0 Å². The van der Waals surface area contributed by atoms with Gasteiger partial charge in [-0.1, -0.05) is 15.9 Å². The van der Waals surface area contributed by atoms with Crippen molar-refractivity contribution in [3.8, 4) is 5.69 Å². The molecule has 138 valence electrons. The third-order valence-corrected chi connectivity index (χ3v) is 4.50. The van der Waals surface area contributed by atoms with Crippen LogP contribution in [0.15, 0.2) is 63.2 Å². The number of ether oxygens (including phenoxy) is 1. The quantitative estimate of drug-likeness (QED) is 0.379. The zero-order chi connectivity index (χ0) is 19.4. The van der Waals surface area contributed by atoms with E-state index in [1.165, 1.54) is 0 Å². The van der Waals surface area contributed by atoms with Crippen LogP contribution >= 0.6 is 15.9 Å². The van der Waals surface area contributed by atoms with Crippen LogP contribution in [0.3, 0.4) is 0 Å². The Kier molecular flexibility index (Phi) is 5.81. The predicted octanol–water partition coefficient (Wildman–Crippen LogP) is 5.84. The van der Waals surface area contributed by atoms with E-state index in [0.29, 0.717) is 17.9 Å². The number of azo groups is 1. The van der Waals surface area contributed by atoms with Gasteiger partial charge in [0.25, 0.3) is 0 Å². The molecule has 0 N–H and O–H groups in total. The van der Waals surface area contributed by atoms with Crippen LogP contribution in [0, 0.1) is 13.8 Å². The summed E-state index contributed by atoms with van der Waals surface area (Å²) < 4.78 is 7.83. The molecule has 0 aliphatic carbocycles. The summed E-state index contributed by atoms with van der Waals surface area (Å²) in [5, 5.41) is 13.2. The molecule has 0 spiro atoms. The van der Waals surface area contributed by atoms with Gasteiger partial charge in [0.2, 0.25) is 0 Å². The van der Waals surface area contributed by atoms with Crippen LogP contribution in [0.5, 0.6) is 0 Å². The van der Waals surface area contributed by atoms with Crippen LogP contribution in [0.25, 0.3) is 5.69 Å². The Hall–Kier alpha value is -2.80. The van der Waals surface area contributed by atoms with Crippen molar-refractivity contribution in [1.82, 2.24) is 9.78 Å². The highest BCUT2D eigenvalue weighted by molar-refractivity contribution is 9.10. The van der Waals surface area contributed by atoms with Crippen molar-refractivity contribution in [2.45, 2.75) is 20.8 Å². The molecule has 0 saturated heterocycles. The molecule has 0 atom stereocenters. The fraction of sp³-hybridized carbons (Fsp3) is 0.200. The molecule has 0 radical (unpaired) electrons. The molecule has 1 heterocycles. The third-order valence-electron chi connectivity index (χ3n) is 3.97. The summed E-state index contributed by atoms with van der Waals surface area (Å²) >= 11 is 3.44. The van der Waals surface area contributed by atoms with Crippen LogP contribution < -0.4 is 0 Å². The maximum atomic E-state index is 11.7. The van der Waals surface area contributed by atoms with E-state index in [0.717, 1.165) is 27.2 Å². The lowest BCUT2D eigenvalue weighted by Gasteiger charge is -2.04. The summed E-state index contributed by atoms with van der Waals surface area (Å²) in [7, 11) is 0. The van der Waals surface area contributed by atoms with Gasteiger partial charge in [0.15, 0.2) is 0 Å². The van der Waals surface area contributed by atoms with Gasteiger partial charge < -0.3 is 4.74 Å². The fourth-order valence-electron chi connectivity index (χ4n) is 2.60. The molecule has 6 nitrogen and oxygen atoms in total. The lowest BCUT2D eigenvalue weighted by Crippen LogP contribution is -2.03. The first kappa shape index (κ1) is 19.0. The Labute approximate surface area is 166 Å². The monoisotopic (exact) mass is 426 g/mol. The zero-order valence-electron chi connectivity index (χ0n) is 15.3.